The molecule has 2 saturated heterocycles. The summed E-state index contributed by atoms with van der Waals surface area (Å²) in [7, 11) is 0. The van der Waals surface area contributed by atoms with Crippen LogP contribution in [-0.4, -0.2) is 35.5 Å². The number of likely N-dealkylation sites (tertiary alicyclic amines) is 1. The molecular weight excluding hydrogens is 212 g/mol. The number of halogens is 1. The SMILES string of the molecule is CC1(C)CCN1C(=O)C1CCCCN1.Cl. The topological polar surface area (TPSA) is 32.3 Å². The third-order valence-electron chi connectivity index (χ3n) is 3.55. The van der Waals surface area contributed by atoms with Gasteiger partial charge in [-0.1, -0.05) is 6.42 Å². The molecule has 2 aliphatic heterocycles. The van der Waals surface area contributed by atoms with Gasteiger partial charge in [-0.15, -0.1) is 12.4 Å². The van der Waals surface area contributed by atoms with E-state index in [0.29, 0.717) is 5.91 Å². The van der Waals surface area contributed by atoms with E-state index in [0.717, 1.165) is 25.9 Å². The lowest BCUT2D eigenvalue weighted by molar-refractivity contribution is -0.147. The Labute approximate surface area is 98.0 Å². The lowest BCUT2D eigenvalue weighted by Crippen LogP contribution is -2.63. The van der Waals surface area contributed by atoms with Crippen molar-refractivity contribution in [1.29, 1.82) is 0 Å². The van der Waals surface area contributed by atoms with Gasteiger partial charge in [0.2, 0.25) is 5.91 Å². The summed E-state index contributed by atoms with van der Waals surface area (Å²) >= 11 is 0. The molecule has 0 radical (unpaired) electrons. The Kier molecular flexibility index (Phi) is 4.01. The third kappa shape index (κ3) is 2.45. The Morgan fingerprint density at radius 3 is 2.53 bits per heavy atom. The van der Waals surface area contributed by atoms with Crippen molar-refractivity contribution in [2.24, 2.45) is 0 Å². The van der Waals surface area contributed by atoms with Gasteiger partial charge in [-0.25, -0.2) is 0 Å². The zero-order valence-electron chi connectivity index (χ0n) is 9.58. The van der Waals surface area contributed by atoms with E-state index in [2.05, 4.69) is 19.2 Å². The quantitative estimate of drug-likeness (QED) is 0.744. The number of amides is 1. The van der Waals surface area contributed by atoms with Crippen molar-refractivity contribution in [2.75, 3.05) is 13.1 Å². The van der Waals surface area contributed by atoms with Gasteiger partial charge in [0.1, 0.15) is 0 Å². The monoisotopic (exact) mass is 232 g/mol. The van der Waals surface area contributed by atoms with Gasteiger partial charge in [-0.2, -0.15) is 0 Å². The van der Waals surface area contributed by atoms with E-state index < -0.39 is 0 Å². The van der Waals surface area contributed by atoms with E-state index in [1.54, 1.807) is 0 Å². The average Bonchev–Trinajstić information content (AvgIpc) is 2.18. The highest BCUT2D eigenvalue weighted by Gasteiger charge is 2.41. The van der Waals surface area contributed by atoms with Crippen molar-refractivity contribution in [3.8, 4) is 0 Å². The molecule has 0 spiro atoms. The molecule has 2 heterocycles. The van der Waals surface area contributed by atoms with Crippen LogP contribution in [0, 0.1) is 0 Å². The molecule has 2 fully saturated rings. The summed E-state index contributed by atoms with van der Waals surface area (Å²) in [5.41, 5.74) is 0.107. The van der Waals surface area contributed by atoms with Crippen LogP contribution in [0.1, 0.15) is 39.5 Å². The number of hydrogen-bond acceptors (Lipinski definition) is 2. The van der Waals surface area contributed by atoms with Gasteiger partial charge in [0.15, 0.2) is 0 Å². The summed E-state index contributed by atoms with van der Waals surface area (Å²) in [6, 6.07) is 0.100. The van der Waals surface area contributed by atoms with Crippen LogP contribution in [0.4, 0.5) is 0 Å². The van der Waals surface area contributed by atoms with Gasteiger partial charge in [0.05, 0.1) is 6.04 Å². The van der Waals surface area contributed by atoms with E-state index in [9.17, 15) is 4.79 Å². The summed E-state index contributed by atoms with van der Waals surface area (Å²) < 4.78 is 0. The molecule has 88 valence electrons. The van der Waals surface area contributed by atoms with Gasteiger partial charge in [-0.3, -0.25) is 4.79 Å². The minimum atomic E-state index is 0. The summed E-state index contributed by atoms with van der Waals surface area (Å²) in [5.74, 6) is 0.320. The number of carbonyl (C=O) groups is 1. The fraction of sp³-hybridized carbons (Fsp3) is 0.909. The molecule has 3 nitrogen and oxygen atoms in total. The van der Waals surface area contributed by atoms with Crippen molar-refractivity contribution in [1.82, 2.24) is 10.2 Å². The minimum Gasteiger partial charge on any atom is -0.336 e. The molecule has 1 amide bonds. The first kappa shape index (κ1) is 12.8. The molecule has 0 saturated carbocycles. The van der Waals surface area contributed by atoms with Crippen molar-refractivity contribution >= 4 is 18.3 Å². The molecule has 2 rings (SSSR count). The molecular formula is C11H21ClN2O. The lowest BCUT2D eigenvalue weighted by atomic mass is 9.87. The summed E-state index contributed by atoms with van der Waals surface area (Å²) in [6.45, 7) is 6.25. The maximum atomic E-state index is 12.1. The number of hydrogen-bond donors (Lipinski definition) is 1. The lowest BCUT2D eigenvalue weighted by Gasteiger charge is -2.50. The second kappa shape index (κ2) is 4.71. The van der Waals surface area contributed by atoms with Crippen LogP contribution in [-0.2, 0) is 4.79 Å². The van der Waals surface area contributed by atoms with Crippen LogP contribution in [0.3, 0.4) is 0 Å². The highest BCUT2D eigenvalue weighted by atomic mass is 35.5. The smallest absolute Gasteiger partial charge is 0.240 e. The molecule has 0 bridgehead atoms. The number of carbonyl (C=O) groups excluding carboxylic acids is 1. The summed E-state index contributed by atoms with van der Waals surface area (Å²) in [4.78, 5) is 14.1. The number of nitrogens with one attached hydrogen (secondary N) is 1. The van der Waals surface area contributed by atoms with Crippen LogP contribution in [0.2, 0.25) is 0 Å². The molecule has 0 aromatic rings. The maximum absolute atomic E-state index is 12.1. The molecule has 0 aromatic heterocycles. The van der Waals surface area contributed by atoms with Crippen LogP contribution in [0.15, 0.2) is 0 Å². The van der Waals surface area contributed by atoms with Gasteiger partial charge >= 0.3 is 0 Å². The molecule has 2 aliphatic rings. The van der Waals surface area contributed by atoms with Gasteiger partial charge < -0.3 is 10.2 Å². The van der Waals surface area contributed by atoms with Crippen LogP contribution in [0.25, 0.3) is 0 Å². The summed E-state index contributed by atoms with van der Waals surface area (Å²) in [6.07, 6.45) is 4.57. The average molecular weight is 233 g/mol. The molecule has 0 aromatic carbocycles. The normalized spacial score (nSPS) is 28.9. The van der Waals surface area contributed by atoms with Crippen LogP contribution < -0.4 is 5.32 Å². The van der Waals surface area contributed by atoms with Crippen molar-refractivity contribution in [3.05, 3.63) is 0 Å². The fourth-order valence-corrected chi connectivity index (χ4v) is 2.33. The Morgan fingerprint density at radius 2 is 2.13 bits per heavy atom. The molecule has 1 N–H and O–H groups in total. The first-order chi connectivity index (χ1) is 6.61. The number of piperidine rings is 1. The van der Waals surface area contributed by atoms with Crippen molar-refractivity contribution < 1.29 is 4.79 Å². The van der Waals surface area contributed by atoms with E-state index in [-0.39, 0.29) is 24.0 Å². The first-order valence-electron chi connectivity index (χ1n) is 5.66. The zero-order chi connectivity index (χ0) is 10.2. The Hall–Kier alpha value is -0.280. The Balaban J connectivity index is 0.00000112. The molecule has 0 aliphatic carbocycles. The Bertz CT molecular complexity index is 237. The second-order valence-corrected chi connectivity index (χ2v) is 5.05. The predicted molar refractivity (Wildman–Crippen MR) is 63.3 cm³/mol. The predicted octanol–water partition coefficient (Wildman–Crippen LogP) is 1.56. The van der Waals surface area contributed by atoms with Crippen LogP contribution >= 0.6 is 12.4 Å². The van der Waals surface area contributed by atoms with Gasteiger partial charge in [-0.05, 0) is 39.7 Å². The van der Waals surface area contributed by atoms with E-state index in [1.807, 2.05) is 4.90 Å². The largest absolute Gasteiger partial charge is 0.336 e. The Morgan fingerprint density at radius 1 is 1.40 bits per heavy atom. The summed E-state index contributed by atoms with van der Waals surface area (Å²) in [5, 5.41) is 3.31. The fourth-order valence-electron chi connectivity index (χ4n) is 2.33. The van der Waals surface area contributed by atoms with Gasteiger partial charge in [0.25, 0.3) is 0 Å². The van der Waals surface area contributed by atoms with E-state index in [1.165, 1.54) is 12.8 Å². The number of nitrogens with zero attached hydrogens (tertiary/aromatic N) is 1. The van der Waals surface area contributed by atoms with E-state index in [4.69, 9.17) is 0 Å². The van der Waals surface area contributed by atoms with E-state index >= 15 is 0 Å². The molecule has 15 heavy (non-hydrogen) atoms. The van der Waals surface area contributed by atoms with Gasteiger partial charge in [0, 0.05) is 12.1 Å². The molecule has 1 atom stereocenters. The first-order valence-corrected chi connectivity index (χ1v) is 5.66. The zero-order valence-corrected chi connectivity index (χ0v) is 10.4. The van der Waals surface area contributed by atoms with Crippen molar-refractivity contribution in [3.63, 3.8) is 0 Å². The molecule has 1 unspecified atom stereocenters. The third-order valence-corrected chi connectivity index (χ3v) is 3.55. The highest BCUT2D eigenvalue weighted by molar-refractivity contribution is 5.85. The molecule has 4 heteroatoms. The van der Waals surface area contributed by atoms with Crippen LogP contribution in [0.5, 0.6) is 0 Å². The van der Waals surface area contributed by atoms with Crippen molar-refractivity contribution in [2.45, 2.75) is 51.1 Å². The second-order valence-electron chi connectivity index (χ2n) is 5.05. The standard InChI is InChI=1S/C11H20N2O.ClH/c1-11(2)6-8-13(11)10(14)9-5-3-4-7-12-9;/h9,12H,3-8H2,1-2H3;1H. The highest BCUT2D eigenvalue weighted by Crippen LogP contribution is 2.30. The number of rotatable bonds is 1. The maximum Gasteiger partial charge on any atom is 0.240 e. The minimum absolute atomic E-state index is 0.